The number of ether oxygens (including phenoxy) is 4. The summed E-state index contributed by atoms with van der Waals surface area (Å²) in [5.74, 6) is -0.873. The molecule has 4 atom stereocenters. The average molecular weight is 672 g/mol. The van der Waals surface area contributed by atoms with E-state index in [2.05, 4.69) is 67.4 Å². The van der Waals surface area contributed by atoms with E-state index < -0.39 is 32.3 Å². The minimum Gasteiger partial charge on any atom is -0.469 e. The molecule has 1 saturated carbocycles. The SMILES string of the molecule is COC(=O)CCC/C=C\C[C@@H]1[C@@H](NC(=O)OCC[Si](C)(C)C)[C@H](OC(=O)c2ccccc2)C[C@H]1OCc1ccc(-c2ccccc2)cc1. The Balaban J connectivity index is 1.51. The number of allylic oxidation sites excluding steroid dienone is 2. The van der Waals surface area contributed by atoms with Crippen molar-refractivity contribution in [2.75, 3.05) is 13.7 Å². The lowest BCUT2D eigenvalue weighted by Crippen LogP contribution is -2.46. The normalized spacial score (nSPS) is 19.2. The van der Waals surface area contributed by atoms with Crippen LogP contribution < -0.4 is 5.32 Å². The number of alkyl carbamates (subject to hydrolysis) is 1. The van der Waals surface area contributed by atoms with Crippen LogP contribution in [0.1, 0.15) is 48.0 Å². The molecule has 0 bridgehead atoms. The molecular formula is C39H49NO7Si. The Morgan fingerprint density at radius 3 is 2.19 bits per heavy atom. The molecule has 0 aliphatic heterocycles. The third kappa shape index (κ3) is 11.8. The van der Waals surface area contributed by atoms with Crippen molar-refractivity contribution in [3.8, 4) is 11.1 Å². The van der Waals surface area contributed by atoms with Crippen molar-refractivity contribution in [3.63, 3.8) is 0 Å². The highest BCUT2D eigenvalue weighted by molar-refractivity contribution is 6.76. The van der Waals surface area contributed by atoms with Gasteiger partial charge >= 0.3 is 18.0 Å². The summed E-state index contributed by atoms with van der Waals surface area (Å²) in [5.41, 5.74) is 3.74. The number of carbonyl (C=O) groups excluding carboxylic acids is 3. The van der Waals surface area contributed by atoms with E-state index >= 15 is 0 Å². The summed E-state index contributed by atoms with van der Waals surface area (Å²) in [6.07, 6.45) is 5.38. The van der Waals surface area contributed by atoms with Crippen LogP contribution in [0.4, 0.5) is 4.79 Å². The van der Waals surface area contributed by atoms with Gasteiger partial charge in [-0.15, -0.1) is 0 Å². The summed E-state index contributed by atoms with van der Waals surface area (Å²) >= 11 is 0. The van der Waals surface area contributed by atoms with Gasteiger partial charge in [0.15, 0.2) is 0 Å². The van der Waals surface area contributed by atoms with E-state index in [-0.39, 0.29) is 18.0 Å². The molecule has 1 aliphatic carbocycles. The molecule has 0 heterocycles. The van der Waals surface area contributed by atoms with Crippen molar-refractivity contribution < 1.29 is 33.3 Å². The first-order valence-electron chi connectivity index (χ1n) is 16.8. The lowest BCUT2D eigenvalue weighted by atomic mass is 9.96. The van der Waals surface area contributed by atoms with Gasteiger partial charge in [-0.2, -0.15) is 0 Å². The van der Waals surface area contributed by atoms with Gasteiger partial charge in [-0.25, -0.2) is 9.59 Å². The number of hydrogen-bond acceptors (Lipinski definition) is 7. The average Bonchev–Trinajstić information content (AvgIpc) is 3.40. The zero-order valence-corrected chi connectivity index (χ0v) is 29.6. The predicted molar refractivity (Wildman–Crippen MR) is 190 cm³/mol. The van der Waals surface area contributed by atoms with E-state index in [1.807, 2.05) is 30.3 Å². The van der Waals surface area contributed by atoms with Crippen molar-refractivity contribution >= 4 is 26.1 Å². The number of methoxy groups -OCH3 is 1. The van der Waals surface area contributed by atoms with Crippen molar-refractivity contribution in [2.24, 2.45) is 5.92 Å². The maximum Gasteiger partial charge on any atom is 0.407 e. The molecule has 3 aromatic carbocycles. The van der Waals surface area contributed by atoms with E-state index in [9.17, 15) is 14.4 Å². The molecule has 9 heteroatoms. The van der Waals surface area contributed by atoms with Crippen LogP contribution in [0.3, 0.4) is 0 Å². The number of hydrogen-bond donors (Lipinski definition) is 1. The molecule has 4 rings (SSSR count). The van der Waals surface area contributed by atoms with Crippen molar-refractivity contribution in [1.29, 1.82) is 0 Å². The van der Waals surface area contributed by atoms with Gasteiger partial charge < -0.3 is 24.3 Å². The highest BCUT2D eigenvalue weighted by atomic mass is 28.3. The Kier molecular flexibility index (Phi) is 14.0. The van der Waals surface area contributed by atoms with Gasteiger partial charge in [-0.05, 0) is 54.1 Å². The van der Waals surface area contributed by atoms with Crippen LogP contribution in [0.5, 0.6) is 0 Å². The molecule has 0 unspecified atom stereocenters. The van der Waals surface area contributed by atoms with Gasteiger partial charge in [0.05, 0.1) is 38.0 Å². The highest BCUT2D eigenvalue weighted by Gasteiger charge is 2.46. The summed E-state index contributed by atoms with van der Waals surface area (Å²) < 4.78 is 23.0. The molecule has 3 aromatic rings. The van der Waals surface area contributed by atoms with Gasteiger partial charge in [-0.1, -0.05) is 105 Å². The van der Waals surface area contributed by atoms with Crippen LogP contribution in [0.2, 0.25) is 25.7 Å². The number of amides is 1. The number of unbranched alkanes of at least 4 members (excludes halogenated alkanes) is 1. The Morgan fingerprint density at radius 2 is 1.52 bits per heavy atom. The van der Waals surface area contributed by atoms with Gasteiger partial charge in [0, 0.05) is 26.8 Å². The number of carbonyl (C=O) groups is 3. The third-order valence-corrected chi connectivity index (χ3v) is 10.2. The molecule has 1 aliphatic rings. The highest BCUT2D eigenvalue weighted by Crippen LogP contribution is 2.36. The smallest absolute Gasteiger partial charge is 0.407 e. The topological polar surface area (TPSA) is 100 Å². The second kappa shape index (κ2) is 18.4. The molecule has 1 amide bonds. The fourth-order valence-electron chi connectivity index (χ4n) is 5.74. The molecule has 1 fully saturated rings. The van der Waals surface area contributed by atoms with Gasteiger partial charge in [0.2, 0.25) is 0 Å². The molecule has 0 radical (unpaired) electrons. The molecule has 8 nitrogen and oxygen atoms in total. The summed E-state index contributed by atoms with van der Waals surface area (Å²) in [4.78, 5) is 37.9. The largest absolute Gasteiger partial charge is 0.469 e. The quantitative estimate of drug-likeness (QED) is 0.0539. The Bertz CT molecular complexity index is 1470. The predicted octanol–water partition coefficient (Wildman–Crippen LogP) is 8.21. The van der Waals surface area contributed by atoms with Crippen molar-refractivity contribution in [3.05, 3.63) is 108 Å². The minimum absolute atomic E-state index is 0.191. The molecule has 1 N–H and O–H groups in total. The third-order valence-electron chi connectivity index (χ3n) is 8.52. The maximum atomic E-state index is 13.2. The Hall–Kier alpha value is -4.21. The van der Waals surface area contributed by atoms with E-state index in [0.717, 1.165) is 22.7 Å². The lowest BCUT2D eigenvalue weighted by molar-refractivity contribution is -0.140. The minimum atomic E-state index is -1.40. The van der Waals surface area contributed by atoms with Gasteiger partial charge in [0.25, 0.3) is 0 Å². The van der Waals surface area contributed by atoms with Crippen LogP contribution in [0.25, 0.3) is 11.1 Å². The summed E-state index contributed by atoms with van der Waals surface area (Å²) in [5, 5.41) is 3.05. The van der Waals surface area contributed by atoms with E-state index in [4.69, 9.17) is 18.9 Å². The molecule has 0 aromatic heterocycles. The van der Waals surface area contributed by atoms with Crippen LogP contribution >= 0.6 is 0 Å². The fourth-order valence-corrected chi connectivity index (χ4v) is 6.46. The second-order valence-electron chi connectivity index (χ2n) is 13.4. The summed E-state index contributed by atoms with van der Waals surface area (Å²) in [6, 6.07) is 27.7. The Labute approximate surface area is 285 Å². The lowest BCUT2D eigenvalue weighted by Gasteiger charge is -2.27. The number of rotatable bonds is 16. The van der Waals surface area contributed by atoms with Crippen molar-refractivity contribution in [1.82, 2.24) is 5.32 Å². The molecule has 0 saturated heterocycles. The van der Waals surface area contributed by atoms with Gasteiger partial charge in [-0.3, -0.25) is 4.79 Å². The van der Waals surface area contributed by atoms with Crippen LogP contribution in [-0.2, 0) is 30.3 Å². The van der Waals surface area contributed by atoms with Crippen LogP contribution in [-0.4, -0.2) is 58.1 Å². The molecule has 48 heavy (non-hydrogen) atoms. The molecular weight excluding hydrogens is 623 g/mol. The monoisotopic (exact) mass is 671 g/mol. The fraction of sp³-hybridized carbons (Fsp3) is 0.410. The second-order valence-corrected chi connectivity index (χ2v) is 19.0. The number of benzene rings is 3. The molecule has 256 valence electrons. The van der Waals surface area contributed by atoms with Crippen LogP contribution in [0.15, 0.2) is 97.1 Å². The van der Waals surface area contributed by atoms with Crippen molar-refractivity contribution in [2.45, 2.75) is 82.6 Å². The number of nitrogens with one attached hydrogen (secondary N) is 1. The first kappa shape index (κ1) is 36.6. The van der Waals surface area contributed by atoms with Gasteiger partial charge in [0.1, 0.15) is 6.10 Å². The number of esters is 2. The van der Waals surface area contributed by atoms with E-state index in [0.29, 0.717) is 50.9 Å². The van der Waals surface area contributed by atoms with E-state index in [1.165, 1.54) is 7.11 Å². The standard InChI is InChI=1S/C39H49NO7Si/c1-44-36(41)20-14-6-5-13-19-33-34(46-28-29-21-23-31(24-22-29)30-15-9-7-10-16-30)27-35(47-38(42)32-17-11-8-12-18-32)37(33)40-39(43)45-25-26-48(2,3)4/h5,7-13,15-18,21-24,33-35,37H,6,14,19-20,25-28H2,1-4H3,(H,40,43)/b13-5-/t33-,34+,35+,37+/m0/s1. The Morgan fingerprint density at radius 1 is 0.854 bits per heavy atom. The summed E-state index contributed by atoms with van der Waals surface area (Å²) in [6.45, 7) is 7.40. The zero-order valence-electron chi connectivity index (χ0n) is 28.6. The maximum absolute atomic E-state index is 13.2. The summed E-state index contributed by atoms with van der Waals surface area (Å²) in [7, 11) is -0.0133. The molecule has 0 spiro atoms. The van der Waals surface area contributed by atoms with Crippen LogP contribution in [0, 0.1) is 5.92 Å². The first-order valence-corrected chi connectivity index (χ1v) is 20.5. The first-order chi connectivity index (χ1) is 23.1. The van der Waals surface area contributed by atoms with E-state index in [1.54, 1.807) is 24.3 Å². The zero-order chi connectivity index (χ0) is 34.4.